The normalized spacial score (nSPS) is 14.5. The highest BCUT2D eigenvalue weighted by atomic mass is 35.5. The number of amides is 3. The Labute approximate surface area is 216 Å². The molecular weight excluding hydrogens is 507 g/mol. The van der Waals surface area contributed by atoms with Gasteiger partial charge < -0.3 is 10.1 Å². The molecule has 0 saturated carbocycles. The molecule has 1 aliphatic rings. The summed E-state index contributed by atoms with van der Waals surface area (Å²) in [4.78, 5) is 39.0. The molecule has 1 N–H and O–H groups in total. The molecule has 3 aromatic carbocycles. The number of hydrogen-bond acceptors (Lipinski definition) is 5. The average Bonchev–Trinajstić information content (AvgIpc) is 3.08. The van der Waals surface area contributed by atoms with Crippen LogP contribution in [0.3, 0.4) is 0 Å². The fraction of sp³-hybridized carbons (Fsp3) is 0.115. The van der Waals surface area contributed by atoms with Crippen molar-refractivity contribution in [1.29, 1.82) is 0 Å². The summed E-state index contributed by atoms with van der Waals surface area (Å²) >= 11 is 13.0. The standard InChI is InChI=1S/C26H20Cl2N2O4S/c1-16-8-9-20(13-22(16)28)29-24(31)15-34-21-7-3-4-17(11-21)12-23-25(32)30(26(33)35-23)14-18-5-2-6-19(27)10-18/h2-13H,14-15H2,1H3,(H,29,31)/b23-12-. The van der Waals surface area contributed by atoms with E-state index in [1.165, 1.54) is 4.90 Å². The Kier molecular flexibility index (Phi) is 7.80. The van der Waals surface area contributed by atoms with Gasteiger partial charge in [-0.2, -0.15) is 0 Å². The molecule has 178 valence electrons. The average molecular weight is 527 g/mol. The van der Waals surface area contributed by atoms with Crippen LogP contribution in [-0.2, 0) is 16.1 Å². The van der Waals surface area contributed by atoms with Crippen molar-refractivity contribution in [2.24, 2.45) is 0 Å². The molecule has 1 saturated heterocycles. The largest absolute Gasteiger partial charge is 0.484 e. The van der Waals surface area contributed by atoms with E-state index in [0.29, 0.717) is 32.0 Å². The van der Waals surface area contributed by atoms with Crippen molar-refractivity contribution in [3.63, 3.8) is 0 Å². The number of halogens is 2. The lowest BCUT2D eigenvalue weighted by atomic mass is 10.2. The number of carbonyl (C=O) groups is 3. The molecule has 0 radical (unpaired) electrons. The van der Waals surface area contributed by atoms with Gasteiger partial charge in [-0.15, -0.1) is 0 Å². The molecule has 35 heavy (non-hydrogen) atoms. The Hall–Kier alpha value is -3.26. The molecule has 0 bridgehead atoms. The van der Waals surface area contributed by atoms with E-state index in [9.17, 15) is 14.4 Å². The molecule has 1 fully saturated rings. The molecule has 1 aliphatic heterocycles. The molecule has 0 aromatic heterocycles. The van der Waals surface area contributed by atoms with Gasteiger partial charge in [-0.05, 0) is 77.9 Å². The Bertz CT molecular complexity index is 1340. The molecule has 0 atom stereocenters. The van der Waals surface area contributed by atoms with Gasteiger partial charge in [0.1, 0.15) is 5.75 Å². The first-order chi connectivity index (χ1) is 16.8. The predicted molar refractivity (Wildman–Crippen MR) is 140 cm³/mol. The minimum Gasteiger partial charge on any atom is -0.484 e. The van der Waals surface area contributed by atoms with E-state index in [1.54, 1.807) is 60.7 Å². The molecular formula is C26H20Cl2N2O4S. The first-order valence-corrected chi connectivity index (χ1v) is 12.1. The van der Waals surface area contributed by atoms with Crippen LogP contribution < -0.4 is 10.1 Å². The van der Waals surface area contributed by atoms with Crippen LogP contribution >= 0.6 is 35.0 Å². The van der Waals surface area contributed by atoms with E-state index in [0.717, 1.165) is 22.9 Å². The van der Waals surface area contributed by atoms with Crippen molar-refractivity contribution in [3.8, 4) is 5.75 Å². The number of aryl methyl sites for hydroxylation is 1. The Morgan fingerprint density at radius 1 is 1.06 bits per heavy atom. The van der Waals surface area contributed by atoms with Gasteiger partial charge in [0.15, 0.2) is 6.61 Å². The summed E-state index contributed by atoms with van der Waals surface area (Å²) < 4.78 is 5.60. The summed E-state index contributed by atoms with van der Waals surface area (Å²) in [7, 11) is 0. The van der Waals surface area contributed by atoms with Crippen LogP contribution in [0.1, 0.15) is 16.7 Å². The van der Waals surface area contributed by atoms with Crippen LogP contribution in [0.4, 0.5) is 10.5 Å². The van der Waals surface area contributed by atoms with Crippen LogP contribution in [0.5, 0.6) is 5.75 Å². The lowest BCUT2D eigenvalue weighted by Crippen LogP contribution is -2.27. The number of thioether (sulfide) groups is 1. The number of nitrogens with zero attached hydrogens (tertiary/aromatic N) is 1. The topological polar surface area (TPSA) is 75.7 Å². The number of rotatable bonds is 7. The molecule has 3 amide bonds. The summed E-state index contributed by atoms with van der Waals surface area (Å²) in [5.74, 6) is -0.256. The molecule has 3 aromatic rings. The minimum atomic E-state index is -0.373. The van der Waals surface area contributed by atoms with E-state index in [2.05, 4.69) is 5.32 Å². The predicted octanol–water partition coefficient (Wildman–Crippen LogP) is 6.56. The number of benzene rings is 3. The summed E-state index contributed by atoms with van der Waals surface area (Å²) in [6.07, 6.45) is 1.63. The quantitative estimate of drug-likeness (QED) is 0.353. The van der Waals surface area contributed by atoms with Crippen LogP contribution in [0.15, 0.2) is 71.6 Å². The highest BCUT2D eigenvalue weighted by Crippen LogP contribution is 2.34. The Balaban J connectivity index is 1.38. The molecule has 0 aliphatic carbocycles. The van der Waals surface area contributed by atoms with Crippen molar-refractivity contribution in [2.75, 3.05) is 11.9 Å². The lowest BCUT2D eigenvalue weighted by molar-refractivity contribution is -0.123. The van der Waals surface area contributed by atoms with Gasteiger partial charge in [-0.25, -0.2) is 0 Å². The molecule has 6 nitrogen and oxygen atoms in total. The van der Waals surface area contributed by atoms with E-state index >= 15 is 0 Å². The van der Waals surface area contributed by atoms with Gasteiger partial charge in [-0.1, -0.05) is 53.5 Å². The minimum absolute atomic E-state index is 0.146. The number of hydrogen-bond donors (Lipinski definition) is 1. The van der Waals surface area contributed by atoms with Gasteiger partial charge in [0.25, 0.3) is 17.1 Å². The van der Waals surface area contributed by atoms with E-state index in [4.69, 9.17) is 27.9 Å². The lowest BCUT2D eigenvalue weighted by Gasteiger charge is -2.12. The van der Waals surface area contributed by atoms with Gasteiger partial charge >= 0.3 is 0 Å². The van der Waals surface area contributed by atoms with Crippen LogP contribution in [-0.4, -0.2) is 28.6 Å². The highest BCUT2D eigenvalue weighted by molar-refractivity contribution is 8.18. The van der Waals surface area contributed by atoms with Crippen molar-refractivity contribution >= 4 is 63.8 Å². The SMILES string of the molecule is Cc1ccc(NC(=O)COc2cccc(/C=C3\SC(=O)N(Cc4cccc(Cl)c4)C3=O)c2)cc1Cl. The molecule has 1 heterocycles. The highest BCUT2D eigenvalue weighted by Gasteiger charge is 2.35. The number of anilines is 1. The second-order valence-electron chi connectivity index (χ2n) is 7.77. The third-order valence-corrected chi connectivity index (χ3v) is 6.63. The monoisotopic (exact) mass is 526 g/mol. The van der Waals surface area contributed by atoms with E-state index in [-0.39, 0.29) is 30.2 Å². The van der Waals surface area contributed by atoms with Gasteiger partial charge in [0, 0.05) is 15.7 Å². The number of ether oxygens (including phenoxy) is 1. The zero-order valence-electron chi connectivity index (χ0n) is 18.6. The first kappa shape index (κ1) is 24.9. The zero-order valence-corrected chi connectivity index (χ0v) is 20.9. The third-order valence-electron chi connectivity index (χ3n) is 5.08. The summed E-state index contributed by atoms with van der Waals surface area (Å²) in [5.41, 5.74) is 2.93. The van der Waals surface area contributed by atoms with E-state index < -0.39 is 0 Å². The van der Waals surface area contributed by atoms with E-state index in [1.807, 2.05) is 19.1 Å². The van der Waals surface area contributed by atoms with Crippen LogP contribution in [0.25, 0.3) is 6.08 Å². The Morgan fingerprint density at radius 3 is 2.63 bits per heavy atom. The van der Waals surface area contributed by atoms with Crippen molar-refractivity contribution < 1.29 is 19.1 Å². The summed E-state index contributed by atoms with van der Waals surface area (Å²) in [6, 6.07) is 19.2. The molecule has 9 heteroatoms. The van der Waals surface area contributed by atoms with Crippen LogP contribution in [0, 0.1) is 6.92 Å². The van der Waals surface area contributed by atoms with Crippen molar-refractivity contribution in [1.82, 2.24) is 4.90 Å². The smallest absolute Gasteiger partial charge is 0.293 e. The second kappa shape index (κ2) is 11.0. The number of carbonyl (C=O) groups excluding carboxylic acids is 3. The van der Waals surface area contributed by atoms with Gasteiger partial charge in [0.05, 0.1) is 11.4 Å². The van der Waals surface area contributed by atoms with Crippen LogP contribution in [0.2, 0.25) is 10.0 Å². The third kappa shape index (κ3) is 6.45. The Morgan fingerprint density at radius 2 is 1.86 bits per heavy atom. The molecule has 0 unspecified atom stereocenters. The van der Waals surface area contributed by atoms with Crippen molar-refractivity contribution in [3.05, 3.63) is 98.4 Å². The maximum Gasteiger partial charge on any atom is 0.293 e. The zero-order chi connectivity index (χ0) is 24.9. The van der Waals surface area contributed by atoms with Crippen molar-refractivity contribution in [2.45, 2.75) is 13.5 Å². The van der Waals surface area contributed by atoms with Gasteiger partial charge in [0.2, 0.25) is 0 Å². The summed E-state index contributed by atoms with van der Waals surface area (Å²) in [6.45, 7) is 1.82. The fourth-order valence-electron chi connectivity index (χ4n) is 3.32. The summed E-state index contributed by atoms with van der Waals surface area (Å²) in [5, 5.41) is 3.49. The van der Waals surface area contributed by atoms with Gasteiger partial charge in [-0.3, -0.25) is 19.3 Å². The fourth-order valence-corrected chi connectivity index (χ4v) is 4.55. The molecule has 4 rings (SSSR count). The maximum atomic E-state index is 12.8. The first-order valence-electron chi connectivity index (χ1n) is 10.6. The molecule has 0 spiro atoms. The second-order valence-corrected chi connectivity index (χ2v) is 9.61. The number of nitrogens with one attached hydrogen (secondary N) is 1. The number of imide groups is 1. The maximum absolute atomic E-state index is 12.8.